The smallest absolute Gasteiger partial charge is 0.264 e. The predicted molar refractivity (Wildman–Crippen MR) is 118 cm³/mol. The van der Waals surface area contributed by atoms with E-state index < -0.39 is 9.84 Å². The number of aliphatic hydroxyl groups excluding tert-OH is 1. The van der Waals surface area contributed by atoms with Gasteiger partial charge in [0, 0.05) is 31.5 Å². The lowest BCUT2D eigenvalue weighted by molar-refractivity contribution is 0.281. The van der Waals surface area contributed by atoms with Gasteiger partial charge in [-0.25, -0.2) is 18.4 Å². The summed E-state index contributed by atoms with van der Waals surface area (Å²) in [6.45, 7) is 4.06. The second-order valence-corrected chi connectivity index (χ2v) is 9.14. The molecule has 30 heavy (non-hydrogen) atoms. The molecule has 1 unspecified atom stereocenters. The number of pyridine rings is 1. The Hall–Kier alpha value is -2.98. The fourth-order valence-corrected chi connectivity index (χ4v) is 3.95. The Balaban J connectivity index is 2.22. The lowest BCUT2D eigenvalue weighted by atomic mass is 10.1. The molecular weight excluding hydrogens is 406 g/mol. The zero-order chi connectivity index (χ0) is 22.1. The highest BCUT2D eigenvalue weighted by Crippen LogP contribution is 2.30. The van der Waals surface area contributed by atoms with Gasteiger partial charge in [0.15, 0.2) is 9.84 Å². The van der Waals surface area contributed by atoms with Gasteiger partial charge in [0.05, 0.1) is 34.7 Å². The number of hydrogen-bond donors (Lipinski definition) is 3. The van der Waals surface area contributed by atoms with Gasteiger partial charge in [-0.15, -0.1) is 0 Å². The Kier molecular flexibility index (Phi) is 6.09. The van der Waals surface area contributed by atoms with Crippen LogP contribution in [0, 0.1) is 0 Å². The van der Waals surface area contributed by atoms with Crippen LogP contribution in [0.25, 0.3) is 22.2 Å². The normalized spacial score (nSPS) is 12.7. The third-order valence-electron chi connectivity index (χ3n) is 4.60. The van der Waals surface area contributed by atoms with Gasteiger partial charge in [0.2, 0.25) is 0 Å². The minimum absolute atomic E-state index is 0.101. The number of sulfone groups is 1. The van der Waals surface area contributed by atoms with E-state index in [0.29, 0.717) is 40.2 Å². The number of rotatable bonds is 7. The third-order valence-corrected chi connectivity index (χ3v) is 5.74. The Morgan fingerprint density at radius 1 is 1.27 bits per heavy atom. The van der Waals surface area contributed by atoms with Gasteiger partial charge in [-0.1, -0.05) is 6.07 Å². The number of fused-ring (bicyclic) bond motifs is 1. The van der Waals surface area contributed by atoms with E-state index >= 15 is 0 Å². The topological polar surface area (TPSA) is 126 Å². The average Bonchev–Trinajstić information content (AvgIpc) is 2.70. The molecule has 160 valence electrons. The van der Waals surface area contributed by atoms with E-state index in [4.69, 9.17) is 0 Å². The number of benzene rings is 1. The van der Waals surface area contributed by atoms with E-state index in [0.717, 1.165) is 6.26 Å². The molecule has 9 nitrogen and oxygen atoms in total. The van der Waals surface area contributed by atoms with Gasteiger partial charge in [-0.05, 0) is 32.0 Å². The third kappa shape index (κ3) is 4.29. The molecule has 0 saturated carbocycles. The molecule has 0 spiro atoms. The van der Waals surface area contributed by atoms with Gasteiger partial charge in [-0.3, -0.25) is 4.79 Å². The molecular formula is C20H25N5O4S. The zero-order valence-electron chi connectivity index (χ0n) is 17.3. The first-order chi connectivity index (χ1) is 14.2. The number of nitrogens with zero attached hydrogens (tertiary/aromatic N) is 3. The fraction of sp³-hybridized carbons (Fsp3) is 0.350. The van der Waals surface area contributed by atoms with Crippen LogP contribution in [-0.2, 0) is 16.9 Å². The summed E-state index contributed by atoms with van der Waals surface area (Å²) in [6.07, 6.45) is 2.57. The van der Waals surface area contributed by atoms with Crippen LogP contribution < -0.4 is 16.2 Å². The minimum Gasteiger partial charge on any atom is -0.394 e. The van der Waals surface area contributed by atoms with Crippen molar-refractivity contribution in [3.05, 3.63) is 40.9 Å². The SMILES string of the molecule is CCNc1nc(-c2ccc(NC(C)CO)c(S(C)(=O)=O)c2)cc2ncn(C)c(=O)c12. The number of nitrogens with one attached hydrogen (secondary N) is 2. The van der Waals surface area contributed by atoms with Crippen molar-refractivity contribution >= 4 is 32.2 Å². The fourth-order valence-electron chi connectivity index (χ4n) is 3.08. The molecule has 2 heterocycles. The summed E-state index contributed by atoms with van der Waals surface area (Å²) in [5.74, 6) is 0.399. The van der Waals surface area contributed by atoms with Crippen LogP contribution in [0.1, 0.15) is 13.8 Å². The van der Waals surface area contributed by atoms with Gasteiger partial charge < -0.3 is 20.3 Å². The molecule has 0 fully saturated rings. The summed E-state index contributed by atoms with van der Waals surface area (Å²) in [7, 11) is -1.93. The van der Waals surface area contributed by atoms with Gasteiger partial charge in [0.25, 0.3) is 5.56 Å². The van der Waals surface area contributed by atoms with Crippen LogP contribution >= 0.6 is 0 Å². The summed E-state index contributed by atoms with van der Waals surface area (Å²) in [6, 6.07) is 6.28. The second-order valence-electron chi connectivity index (χ2n) is 7.15. The number of aliphatic hydroxyl groups is 1. The molecule has 2 aromatic heterocycles. The molecule has 0 bridgehead atoms. The van der Waals surface area contributed by atoms with E-state index in [2.05, 4.69) is 20.6 Å². The van der Waals surface area contributed by atoms with Crippen molar-refractivity contribution in [2.75, 3.05) is 30.0 Å². The van der Waals surface area contributed by atoms with Crippen LogP contribution in [-0.4, -0.2) is 53.5 Å². The highest BCUT2D eigenvalue weighted by Gasteiger charge is 2.18. The van der Waals surface area contributed by atoms with Crippen LogP contribution in [0.3, 0.4) is 0 Å². The number of aromatic nitrogens is 3. The lowest BCUT2D eigenvalue weighted by Crippen LogP contribution is -2.21. The summed E-state index contributed by atoms with van der Waals surface area (Å²) in [5.41, 5.74) is 1.72. The largest absolute Gasteiger partial charge is 0.394 e. The lowest BCUT2D eigenvalue weighted by Gasteiger charge is -2.17. The van der Waals surface area contributed by atoms with Crippen molar-refractivity contribution in [1.29, 1.82) is 0 Å². The molecule has 0 saturated heterocycles. The van der Waals surface area contributed by atoms with Crippen LogP contribution in [0.4, 0.5) is 11.5 Å². The minimum atomic E-state index is -3.55. The van der Waals surface area contributed by atoms with Gasteiger partial charge in [0.1, 0.15) is 11.2 Å². The van der Waals surface area contributed by atoms with Crippen molar-refractivity contribution in [3.63, 3.8) is 0 Å². The van der Waals surface area contributed by atoms with Crippen LogP contribution in [0.15, 0.2) is 40.3 Å². The molecule has 0 radical (unpaired) electrons. The van der Waals surface area contributed by atoms with E-state index in [1.807, 2.05) is 6.92 Å². The monoisotopic (exact) mass is 431 g/mol. The Morgan fingerprint density at radius 3 is 2.63 bits per heavy atom. The second kappa shape index (κ2) is 8.41. The molecule has 0 aliphatic heterocycles. The van der Waals surface area contributed by atoms with Gasteiger partial charge in [-0.2, -0.15) is 0 Å². The first-order valence-electron chi connectivity index (χ1n) is 9.47. The summed E-state index contributed by atoms with van der Waals surface area (Å²) in [5, 5.41) is 15.8. The summed E-state index contributed by atoms with van der Waals surface area (Å²) < 4.78 is 26.1. The van der Waals surface area contributed by atoms with Crippen molar-refractivity contribution in [1.82, 2.24) is 14.5 Å². The molecule has 3 N–H and O–H groups in total. The van der Waals surface area contributed by atoms with Crippen molar-refractivity contribution < 1.29 is 13.5 Å². The first kappa shape index (κ1) is 21.7. The summed E-state index contributed by atoms with van der Waals surface area (Å²) in [4.78, 5) is 21.6. The average molecular weight is 432 g/mol. The van der Waals surface area contributed by atoms with Crippen molar-refractivity contribution in [2.24, 2.45) is 7.05 Å². The Bertz CT molecular complexity index is 1250. The standard InChI is InChI=1S/C20H25N5O4S/c1-5-21-19-18-16(22-11-25(3)20(18)27)9-15(24-19)13-6-7-14(23-12(2)10-26)17(8-13)30(4,28)29/h6-9,11-12,23,26H,5,10H2,1-4H3,(H,21,24). The maximum Gasteiger partial charge on any atom is 0.264 e. The van der Waals surface area contributed by atoms with E-state index in [1.165, 1.54) is 17.0 Å². The zero-order valence-corrected chi connectivity index (χ0v) is 18.1. The molecule has 10 heteroatoms. The maximum atomic E-state index is 12.6. The number of anilines is 2. The highest BCUT2D eigenvalue weighted by molar-refractivity contribution is 7.90. The number of aryl methyl sites for hydroxylation is 1. The number of hydrogen-bond acceptors (Lipinski definition) is 8. The summed E-state index contributed by atoms with van der Waals surface area (Å²) >= 11 is 0. The van der Waals surface area contributed by atoms with Crippen LogP contribution in [0.2, 0.25) is 0 Å². The molecule has 0 aliphatic rings. The van der Waals surface area contributed by atoms with Gasteiger partial charge >= 0.3 is 0 Å². The first-order valence-corrected chi connectivity index (χ1v) is 11.4. The molecule has 1 aromatic carbocycles. The van der Waals surface area contributed by atoms with E-state index in [-0.39, 0.29) is 23.1 Å². The molecule has 0 amide bonds. The van der Waals surface area contributed by atoms with E-state index in [9.17, 15) is 18.3 Å². The Labute approximate surface area is 174 Å². The highest BCUT2D eigenvalue weighted by atomic mass is 32.2. The molecule has 1 atom stereocenters. The predicted octanol–water partition coefficient (Wildman–Crippen LogP) is 1.62. The molecule has 3 rings (SSSR count). The maximum absolute atomic E-state index is 12.6. The Morgan fingerprint density at radius 2 is 2.00 bits per heavy atom. The van der Waals surface area contributed by atoms with E-state index in [1.54, 1.807) is 32.2 Å². The molecule has 3 aromatic rings. The quantitative estimate of drug-likeness (QED) is 0.515. The molecule has 0 aliphatic carbocycles. The van der Waals surface area contributed by atoms with Crippen molar-refractivity contribution in [3.8, 4) is 11.3 Å². The van der Waals surface area contributed by atoms with Crippen LogP contribution in [0.5, 0.6) is 0 Å². The van der Waals surface area contributed by atoms with Crippen molar-refractivity contribution in [2.45, 2.75) is 24.8 Å².